The van der Waals surface area contributed by atoms with Crippen LogP contribution in [-0.4, -0.2) is 59.5 Å². The van der Waals surface area contributed by atoms with Gasteiger partial charge in [-0.25, -0.2) is 4.79 Å². The van der Waals surface area contributed by atoms with E-state index in [9.17, 15) is 14.4 Å². The van der Waals surface area contributed by atoms with Gasteiger partial charge in [0.05, 0.1) is 5.92 Å². The van der Waals surface area contributed by atoms with Crippen molar-refractivity contribution in [1.29, 1.82) is 0 Å². The second-order valence-electron chi connectivity index (χ2n) is 3.87. The van der Waals surface area contributed by atoms with E-state index in [1.807, 2.05) is 0 Å². The Kier molecular flexibility index (Phi) is 3.70. The van der Waals surface area contributed by atoms with Crippen LogP contribution in [0.1, 0.15) is 6.42 Å². The molecule has 0 spiro atoms. The zero-order valence-corrected chi connectivity index (χ0v) is 9.05. The molecule has 16 heavy (non-hydrogen) atoms. The Morgan fingerprint density at radius 3 is 2.56 bits per heavy atom. The minimum Gasteiger partial charge on any atom is -0.481 e. The lowest BCUT2D eigenvalue weighted by molar-refractivity contribution is -0.141. The van der Waals surface area contributed by atoms with Gasteiger partial charge >= 0.3 is 12.0 Å². The van der Waals surface area contributed by atoms with Crippen LogP contribution >= 0.6 is 0 Å². The third kappa shape index (κ3) is 2.85. The van der Waals surface area contributed by atoms with E-state index < -0.39 is 17.8 Å². The zero-order valence-electron chi connectivity index (χ0n) is 9.05. The monoisotopic (exact) mass is 229 g/mol. The molecule has 90 valence electrons. The van der Waals surface area contributed by atoms with Gasteiger partial charge in [0, 0.05) is 20.1 Å². The lowest BCUT2D eigenvalue weighted by Gasteiger charge is -2.23. The fourth-order valence-electron chi connectivity index (χ4n) is 1.68. The Hall–Kier alpha value is -1.79. The van der Waals surface area contributed by atoms with E-state index in [0.29, 0.717) is 13.0 Å². The van der Waals surface area contributed by atoms with E-state index >= 15 is 0 Å². The first-order valence-electron chi connectivity index (χ1n) is 4.93. The van der Waals surface area contributed by atoms with Crippen molar-refractivity contribution < 1.29 is 19.5 Å². The molecule has 1 fully saturated rings. The molecule has 1 saturated heterocycles. The van der Waals surface area contributed by atoms with Crippen molar-refractivity contribution in [1.82, 2.24) is 9.80 Å². The summed E-state index contributed by atoms with van der Waals surface area (Å²) in [6.07, 6.45) is 0.450. The fourth-order valence-corrected chi connectivity index (χ4v) is 1.68. The number of carbonyl (C=O) groups excluding carboxylic acids is 2. The number of carboxylic acid groups (broad SMARTS) is 1. The van der Waals surface area contributed by atoms with Gasteiger partial charge in [-0.15, -0.1) is 0 Å². The van der Waals surface area contributed by atoms with Crippen molar-refractivity contribution in [2.45, 2.75) is 6.42 Å². The largest absolute Gasteiger partial charge is 0.481 e. The summed E-state index contributed by atoms with van der Waals surface area (Å²) < 4.78 is 0. The van der Waals surface area contributed by atoms with Gasteiger partial charge in [0.2, 0.25) is 5.91 Å². The number of amides is 3. The quantitative estimate of drug-likeness (QED) is 0.643. The van der Waals surface area contributed by atoms with Gasteiger partial charge < -0.3 is 20.6 Å². The lowest BCUT2D eigenvalue weighted by Crippen LogP contribution is -2.43. The predicted octanol–water partition coefficient (Wildman–Crippen LogP) is -1.07. The molecule has 0 aromatic rings. The minimum absolute atomic E-state index is 0.160. The maximum Gasteiger partial charge on any atom is 0.320 e. The Morgan fingerprint density at radius 1 is 1.50 bits per heavy atom. The van der Waals surface area contributed by atoms with Gasteiger partial charge in [-0.2, -0.15) is 0 Å². The first-order chi connectivity index (χ1) is 7.41. The number of urea groups is 1. The van der Waals surface area contributed by atoms with Gasteiger partial charge in [-0.1, -0.05) is 0 Å². The first-order valence-corrected chi connectivity index (χ1v) is 4.93. The Labute approximate surface area is 92.8 Å². The van der Waals surface area contributed by atoms with Crippen molar-refractivity contribution in [3.63, 3.8) is 0 Å². The average molecular weight is 229 g/mol. The molecule has 7 nitrogen and oxygen atoms in total. The van der Waals surface area contributed by atoms with Crippen molar-refractivity contribution in [2.75, 3.05) is 26.7 Å². The SMILES string of the molecule is CN(CC(N)=O)C(=O)N1CCC(C(=O)O)C1. The molecular weight excluding hydrogens is 214 g/mol. The number of likely N-dealkylation sites (N-methyl/N-ethyl adjacent to an activating group) is 1. The van der Waals surface area contributed by atoms with Crippen LogP contribution in [-0.2, 0) is 9.59 Å². The molecule has 3 N–H and O–H groups in total. The Balaban J connectivity index is 2.50. The molecule has 1 aliphatic heterocycles. The predicted molar refractivity (Wildman–Crippen MR) is 54.5 cm³/mol. The highest BCUT2D eigenvalue weighted by Crippen LogP contribution is 2.17. The number of carboxylic acids is 1. The second-order valence-corrected chi connectivity index (χ2v) is 3.87. The molecular formula is C9H15N3O4. The molecule has 0 aliphatic carbocycles. The summed E-state index contributed by atoms with van der Waals surface area (Å²) in [5.41, 5.74) is 4.96. The van der Waals surface area contributed by atoms with Gasteiger partial charge in [-0.05, 0) is 6.42 Å². The van der Waals surface area contributed by atoms with Crippen LogP contribution in [0.15, 0.2) is 0 Å². The summed E-state index contributed by atoms with van der Waals surface area (Å²) in [6, 6.07) is -0.359. The smallest absolute Gasteiger partial charge is 0.320 e. The van der Waals surface area contributed by atoms with Crippen molar-refractivity contribution in [3.8, 4) is 0 Å². The summed E-state index contributed by atoms with van der Waals surface area (Å²) in [7, 11) is 1.46. The zero-order chi connectivity index (χ0) is 12.3. The highest BCUT2D eigenvalue weighted by molar-refractivity contribution is 5.83. The highest BCUT2D eigenvalue weighted by Gasteiger charge is 2.32. The average Bonchev–Trinajstić information content (AvgIpc) is 2.64. The molecule has 0 radical (unpaired) electrons. The third-order valence-corrected chi connectivity index (χ3v) is 2.53. The number of carbonyl (C=O) groups is 3. The highest BCUT2D eigenvalue weighted by atomic mass is 16.4. The van der Waals surface area contributed by atoms with Gasteiger partial charge in [0.25, 0.3) is 0 Å². The number of rotatable bonds is 3. The van der Waals surface area contributed by atoms with Crippen LogP contribution in [0.3, 0.4) is 0 Å². The number of hydrogen-bond acceptors (Lipinski definition) is 3. The first kappa shape index (κ1) is 12.3. The van der Waals surface area contributed by atoms with E-state index in [0.717, 1.165) is 0 Å². The molecule has 0 aromatic heterocycles. The lowest BCUT2D eigenvalue weighted by atomic mass is 10.1. The summed E-state index contributed by atoms with van der Waals surface area (Å²) in [6.45, 7) is 0.434. The van der Waals surface area contributed by atoms with Crippen LogP contribution in [0.25, 0.3) is 0 Å². The van der Waals surface area contributed by atoms with Crippen molar-refractivity contribution >= 4 is 17.9 Å². The van der Waals surface area contributed by atoms with E-state index in [2.05, 4.69) is 0 Å². The maximum atomic E-state index is 11.7. The van der Waals surface area contributed by atoms with Crippen LogP contribution in [0.4, 0.5) is 4.79 Å². The summed E-state index contributed by atoms with van der Waals surface area (Å²) in [5.74, 6) is -2.00. The van der Waals surface area contributed by atoms with Gasteiger partial charge in [0.15, 0.2) is 0 Å². The molecule has 7 heteroatoms. The normalized spacial score (nSPS) is 19.6. The number of hydrogen-bond donors (Lipinski definition) is 2. The van der Waals surface area contributed by atoms with E-state index in [4.69, 9.17) is 10.8 Å². The van der Waals surface area contributed by atoms with Crippen LogP contribution in [0, 0.1) is 5.92 Å². The number of nitrogens with zero attached hydrogens (tertiary/aromatic N) is 2. The molecule has 1 unspecified atom stereocenters. The number of likely N-dealkylation sites (tertiary alicyclic amines) is 1. The second kappa shape index (κ2) is 4.82. The van der Waals surface area contributed by atoms with E-state index in [-0.39, 0.29) is 19.1 Å². The minimum atomic E-state index is -0.896. The molecule has 1 heterocycles. The Bertz CT molecular complexity index is 318. The van der Waals surface area contributed by atoms with Gasteiger partial charge in [-0.3, -0.25) is 9.59 Å². The molecule has 1 rings (SSSR count). The van der Waals surface area contributed by atoms with E-state index in [1.165, 1.54) is 16.8 Å². The van der Waals surface area contributed by atoms with Crippen LogP contribution in [0.2, 0.25) is 0 Å². The van der Waals surface area contributed by atoms with Crippen molar-refractivity contribution in [2.24, 2.45) is 11.7 Å². The molecule has 0 saturated carbocycles. The topological polar surface area (TPSA) is 104 Å². The molecule has 1 atom stereocenters. The molecule has 0 bridgehead atoms. The summed E-state index contributed by atoms with van der Waals surface area (Å²) >= 11 is 0. The Morgan fingerprint density at radius 2 is 2.12 bits per heavy atom. The van der Waals surface area contributed by atoms with E-state index in [1.54, 1.807) is 0 Å². The number of nitrogens with two attached hydrogens (primary N) is 1. The molecule has 0 aromatic carbocycles. The van der Waals surface area contributed by atoms with Gasteiger partial charge in [0.1, 0.15) is 6.54 Å². The third-order valence-electron chi connectivity index (χ3n) is 2.53. The van der Waals surface area contributed by atoms with Crippen LogP contribution < -0.4 is 5.73 Å². The fraction of sp³-hybridized carbons (Fsp3) is 0.667. The van der Waals surface area contributed by atoms with Crippen LogP contribution in [0.5, 0.6) is 0 Å². The summed E-state index contributed by atoms with van der Waals surface area (Å²) in [5, 5.41) is 8.77. The van der Waals surface area contributed by atoms with Crippen molar-refractivity contribution in [3.05, 3.63) is 0 Å². The summed E-state index contributed by atoms with van der Waals surface area (Å²) in [4.78, 5) is 35.6. The molecule has 3 amide bonds. The number of aliphatic carboxylic acids is 1. The number of primary amides is 1. The maximum absolute atomic E-state index is 11.7. The molecule has 1 aliphatic rings. The standard InChI is InChI=1S/C9H15N3O4/c1-11(5-7(10)13)9(16)12-3-2-6(4-12)8(14)15/h6H,2-5H2,1H3,(H2,10,13)(H,14,15).